The fourth-order valence-electron chi connectivity index (χ4n) is 3.08. The monoisotopic (exact) mass is 462 g/mol. The van der Waals surface area contributed by atoms with Crippen LogP contribution in [0.25, 0.3) is 11.0 Å². The number of fused-ring (bicyclic) bond motifs is 1. The lowest BCUT2D eigenvalue weighted by Crippen LogP contribution is -2.13. The Bertz CT molecular complexity index is 1490. The SMILES string of the molecule is Cc1nc2cnc(N)c(C#Cc3cncc(C(=O)Nc4cccc(C(F)(F)F)c4)c3)c2nc1C. The number of anilines is 2. The minimum atomic E-state index is -4.52. The summed E-state index contributed by atoms with van der Waals surface area (Å²) in [6, 6.07) is 5.84. The Morgan fingerprint density at radius 1 is 1.03 bits per heavy atom. The number of pyridine rings is 2. The van der Waals surface area contributed by atoms with Gasteiger partial charge in [0.15, 0.2) is 0 Å². The van der Waals surface area contributed by atoms with Gasteiger partial charge in [-0.15, -0.1) is 0 Å². The van der Waals surface area contributed by atoms with Crippen molar-refractivity contribution >= 4 is 28.4 Å². The first-order chi connectivity index (χ1) is 16.1. The Hall–Kier alpha value is -4.52. The number of halogens is 3. The topological polar surface area (TPSA) is 107 Å². The average molecular weight is 462 g/mol. The largest absolute Gasteiger partial charge is 0.416 e. The Labute approximate surface area is 192 Å². The zero-order valence-electron chi connectivity index (χ0n) is 18.0. The molecular weight excluding hydrogens is 445 g/mol. The molecule has 4 rings (SSSR count). The Kier molecular flexibility index (Phi) is 5.86. The quantitative estimate of drug-likeness (QED) is 0.431. The highest BCUT2D eigenvalue weighted by Gasteiger charge is 2.30. The molecule has 1 amide bonds. The van der Waals surface area contributed by atoms with Gasteiger partial charge in [-0.3, -0.25) is 9.78 Å². The van der Waals surface area contributed by atoms with E-state index in [2.05, 4.69) is 37.1 Å². The number of rotatable bonds is 2. The minimum absolute atomic E-state index is 0.00940. The first-order valence-electron chi connectivity index (χ1n) is 9.97. The van der Waals surface area contributed by atoms with Crippen molar-refractivity contribution in [3.8, 4) is 11.8 Å². The lowest BCUT2D eigenvalue weighted by molar-refractivity contribution is -0.137. The van der Waals surface area contributed by atoms with Gasteiger partial charge >= 0.3 is 6.18 Å². The second-order valence-corrected chi connectivity index (χ2v) is 7.39. The number of benzene rings is 1. The number of hydrogen-bond acceptors (Lipinski definition) is 6. The van der Waals surface area contributed by atoms with E-state index in [-0.39, 0.29) is 17.1 Å². The van der Waals surface area contributed by atoms with Crippen LogP contribution in [0, 0.1) is 25.7 Å². The Balaban J connectivity index is 1.62. The van der Waals surface area contributed by atoms with E-state index in [0.29, 0.717) is 22.2 Å². The van der Waals surface area contributed by atoms with E-state index < -0.39 is 17.6 Å². The molecule has 0 radical (unpaired) electrons. The number of hydrogen-bond donors (Lipinski definition) is 2. The standard InChI is InChI=1S/C24H17F3N6O/c1-13-14(2)32-21-19(22(28)30-12-20(21)31-13)7-6-15-8-16(11-29-10-15)23(34)33-18-5-3-4-17(9-18)24(25,26)27/h3-5,8-12H,1-2H3,(H2,28,30)(H,33,34). The molecule has 170 valence electrons. The van der Waals surface area contributed by atoms with Crippen molar-refractivity contribution in [1.82, 2.24) is 19.9 Å². The second-order valence-electron chi connectivity index (χ2n) is 7.39. The van der Waals surface area contributed by atoms with Crippen molar-refractivity contribution in [3.05, 3.63) is 82.6 Å². The normalized spacial score (nSPS) is 11.1. The van der Waals surface area contributed by atoms with Crippen molar-refractivity contribution in [3.63, 3.8) is 0 Å². The molecule has 0 aliphatic carbocycles. The summed E-state index contributed by atoms with van der Waals surface area (Å²) in [5.74, 6) is 5.37. The molecule has 7 nitrogen and oxygen atoms in total. The van der Waals surface area contributed by atoms with Crippen molar-refractivity contribution in [2.75, 3.05) is 11.1 Å². The van der Waals surface area contributed by atoms with Crippen LogP contribution < -0.4 is 11.1 Å². The molecule has 3 heterocycles. The molecule has 4 aromatic rings. The molecule has 3 aromatic heterocycles. The second kappa shape index (κ2) is 8.78. The lowest BCUT2D eigenvalue weighted by Gasteiger charge is -2.10. The number of nitrogens with one attached hydrogen (secondary N) is 1. The van der Waals surface area contributed by atoms with E-state index in [1.807, 2.05) is 13.8 Å². The summed E-state index contributed by atoms with van der Waals surface area (Å²) in [6.07, 6.45) is -0.253. The number of carbonyl (C=O) groups excluding carboxylic acids is 1. The van der Waals surface area contributed by atoms with Gasteiger partial charge in [-0.2, -0.15) is 13.2 Å². The summed E-state index contributed by atoms with van der Waals surface area (Å²) < 4.78 is 38.7. The molecule has 10 heteroatoms. The van der Waals surface area contributed by atoms with Crippen LogP contribution in [0.4, 0.5) is 24.7 Å². The highest BCUT2D eigenvalue weighted by Crippen LogP contribution is 2.30. The van der Waals surface area contributed by atoms with Gasteiger partial charge in [0.05, 0.1) is 34.3 Å². The van der Waals surface area contributed by atoms with Gasteiger partial charge in [-0.25, -0.2) is 15.0 Å². The van der Waals surface area contributed by atoms with Crippen molar-refractivity contribution < 1.29 is 18.0 Å². The van der Waals surface area contributed by atoms with Crippen LogP contribution in [0.2, 0.25) is 0 Å². The third-order valence-electron chi connectivity index (χ3n) is 4.93. The van der Waals surface area contributed by atoms with Crippen LogP contribution in [0.3, 0.4) is 0 Å². The summed E-state index contributed by atoms with van der Waals surface area (Å²) in [6.45, 7) is 3.66. The number of aromatic nitrogens is 4. The number of nitrogens with two attached hydrogens (primary N) is 1. The Morgan fingerprint density at radius 3 is 2.56 bits per heavy atom. The van der Waals surface area contributed by atoms with Gasteiger partial charge in [0.1, 0.15) is 16.9 Å². The van der Waals surface area contributed by atoms with Crippen LogP contribution in [0.1, 0.15) is 38.4 Å². The smallest absolute Gasteiger partial charge is 0.383 e. The maximum absolute atomic E-state index is 12.9. The van der Waals surface area contributed by atoms with Gasteiger partial charge in [-0.05, 0) is 38.1 Å². The number of amides is 1. The van der Waals surface area contributed by atoms with Gasteiger partial charge in [0.25, 0.3) is 5.91 Å². The van der Waals surface area contributed by atoms with Gasteiger partial charge in [0.2, 0.25) is 0 Å². The minimum Gasteiger partial charge on any atom is -0.383 e. The molecule has 0 aliphatic rings. The number of nitrogen functional groups attached to an aromatic ring is 1. The summed E-state index contributed by atoms with van der Waals surface area (Å²) in [7, 11) is 0. The molecule has 0 saturated heterocycles. The number of aryl methyl sites for hydroxylation is 2. The molecule has 1 aromatic carbocycles. The maximum atomic E-state index is 12.9. The molecule has 34 heavy (non-hydrogen) atoms. The summed E-state index contributed by atoms with van der Waals surface area (Å²) >= 11 is 0. The lowest BCUT2D eigenvalue weighted by atomic mass is 10.1. The summed E-state index contributed by atoms with van der Waals surface area (Å²) in [5, 5.41) is 2.44. The van der Waals surface area contributed by atoms with Gasteiger partial charge < -0.3 is 11.1 Å². The van der Waals surface area contributed by atoms with Crippen LogP contribution in [-0.4, -0.2) is 25.8 Å². The van der Waals surface area contributed by atoms with Crippen LogP contribution in [0.5, 0.6) is 0 Å². The predicted molar refractivity (Wildman–Crippen MR) is 121 cm³/mol. The number of alkyl halides is 3. The van der Waals surface area contributed by atoms with Crippen LogP contribution in [0.15, 0.2) is 48.9 Å². The van der Waals surface area contributed by atoms with Gasteiger partial charge in [0, 0.05) is 23.6 Å². The van der Waals surface area contributed by atoms with Crippen LogP contribution >= 0.6 is 0 Å². The average Bonchev–Trinajstić information content (AvgIpc) is 2.79. The summed E-state index contributed by atoms with van der Waals surface area (Å²) in [5.41, 5.74) is 8.62. The highest BCUT2D eigenvalue weighted by molar-refractivity contribution is 6.04. The third-order valence-corrected chi connectivity index (χ3v) is 4.93. The maximum Gasteiger partial charge on any atom is 0.416 e. The molecule has 0 aliphatic heterocycles. The first kappa shape index (κ1) is 22.7. The number of nitrogens with zero attached hydrogens (tertiary/aromatic N) is 4. The van der Waals surface area contributed by atoms with E-state index in [1.165, 1.54) is 36.8 Å². The molecule has 0 saturated carbocycles. The fourth-order valence-corrected chi connectivity index (χ4v) is 3.08. The Morgan fingerprint density at radius 2 is 1.79 bits per heavy atom. The third kappa shape index (κ3) is 4.78. The fraction of sp³-hybridized carbons (Fsp3) is 0.125. The molecular formula is C24H17F3N6O. The van der Waals surface area contributed by atoms with E-state index in [9.17, 15) is 18.0 Å². The van der Waals surface area contributed by atoms with Gasteiger partial charge in [-0.1, -0.05) is 17.9 Å². The van der Waals surface area contributed by atoms with E-state index in [1.54, 1.807) is 0 Å². The molecule has 0 atom stereocenters. The van der Waals surface area contributed by atoms with Crippen molar-refractivity contribution in [1.29, 1.82) is 0 Å². The molecule has 0 unspecified atom stereocenters. The predicted octanol–water partition coefficient (Wildman–Crippen LogP) is 4.29. The van der Waals surface area contributed by atoms with E-state index in [4.69, 9.17) is 5.73 Å². The molecule has 3 N–H and O–H groups in total. The van der Waals surface area contributed by atoms with E-state index >= 15 is 0 Å². The molecule has 0 fully saturated rings. The van der Waals surface area contributed by atoms with Crippen LogP contribution in [-0.2, 0) is 6.18 Å². The van der Waals surface area contributed by atoms with E-state index in [0.717, 1.165) is 23.5 Å². The number of carbonyl (C=O) groups is 1. The van der Waals surface area contributed by atoms with Crippen molar-refractivity contribution in [2.24, 2.45) is 0 Å². The molecule has 0 spiro atoms. The highest BCUT2D eigenvalue weighted by atomic mass is 19.4. The molecule has 0 bridgehead atoms. The summed E-state index contributed by atoms with van der Waals surface area (Å²) in [4.78, 5) is 29.7. The van der Waals surface area contributed by atoms with Crippen molar-refractivity contribution in [2.45, 2.75) is 20.0 Å². The first-order valence-corrected chi connectivity index (χ1v) is 9.97. The zero-order chi connectivity index (χ0) is 24.5. The zero-order valence-corrected chi connectivity index (χ0v) is 18.0.